The van der Waals surface area contributed by atoms with Gasteiger partial charge in [0.25, 0.3) is 0 Å². The van der Waals surface area contributed by atoms with Crippen LogP contribution in [0.25, 0.3) is 11.5 Å². The standard InChI is InChI=1S/C19H21N3O3S.BrH/c1-11-8-17(23-4)18(24-5)9-14(11)13(3)21-22-19-20-15(10-26-19)16-7-6-12(2)25-16;/h6-10H,1-5H3,(H,20,22);1H. The number of aromatic nitrogens is 1. The molecule has 0 saturated heterocycles. The summed E-state index contributed by atoms with van der Waals surface area (Å²) >= 11 is 1.47. The number of methoxy groups -OCH3 is 2. The molecule has 144 valence electrons. The largest absolute Gasteiger partial charge is 0.493 e. The number of hydrogen-bond donors (Lipinski definition) is 1. The molecule has 1 N–H and O–H groups in total. The molecule has 8 heteroatoms. The van der Waals surface area contributed by atoms with Crippen molar-refractivity contribution in [2.24, 2.45) is 5.10 Å². The van der Waals surface area contributed by atoms with E-state index < -0.39 is 0 Å². The van der Waals surface area contributed by atoms with Gasteiger partial charge in [-0.2, -0.15) is 5.10 Å². The number of rotatable bonds is 6. The normalized spacial score (nSPS) is 11.1. The highest BCUT2D eigenvalue weighted by atomic mass is 79.9. The van der Waals surface area contributed by atoms with Crippen LogP contribution in [-0.2, 0) is 0 Å². The molecule has 2 heterocycles. The fourth-order valence-electron chi connectivity index (χ4n) is 2.57. The Labute approximate surface area is 173 Å². The number of hydrazone groups is 1. The van der Waals surface area contributed by atoms with E-state index in [0.29, 0.717) is 16.6 Å². The summed E-state index contributed by atoms with van der Waals surface area (Å²) in [6.45, 7) is 5.86. The second-order valence-corrected chi connectivity index (χ2v) is 6.64. The average Bonchev–Trinajstić information content (AvgIpc) is 3.28. The number of thiazole rings is 1. The van der Waals surface area contributed by atoms with Crippen molar-refractivity contribution in [3.05, 3.63) is 46.5 Å². The number of ether oxygens (including phenoxy) is 2. The van der Waals surface area contributed by atoms with Crippen LogP contribution in [0, 0.1) is 13.8 Å². The highest BCUT2D eigenvalue weighted by Gasteiger charge is 2.11. The third-order valence-electron chi connectivity index (χ3n) is 3.94. The van der Waals surface area contributed by atoms with Gasteiger partial charge in [-0.25, -0.2) is 4.98 Å². The fraction of sp³-hybridized carbons (Fsp3) is 0.263. The number of benzene rings is 1. The summed E-state index contributed by atoms with van der Waals surface area (Å²) in [5.41, 5.74) is 6.67. The summed E-state index contributed by atoms with van der Waals surface area (Å²) in [6.07, 6.45) is 0. The van der Waals surface area contributed by atoms with E-state index in [1.165, 1.54) is 11.3 Å². The average molecular weight is 452 g/mol. The minimum Gasteiger partial charge on any atom is -0.493 e. The SMILES string of the molecule is Br.COc1cc(C)c(C(C)=NNc2nc(-c3ccc(C)o3)cs2)cc1OC. The van der Waals surface area contributed by atoms with Crippen molar-refractivity contribution in [1.82, 2.24) is 4.98 Å². The maximum absolute atomic E-state index is 5.60. The molecule has 3 aromatic rings. The zero-order valence-electron chi connectivity index (χ0n) is 15.8. The molecule has 1 aromatic carbocycles. The summed E-state index contributed by atoms with van der Waals surface area (Å²) in [5, 5.41) is 7.09. The molecule has 6 nitrogen and oxygen atoms in total. The van der Waals surface area contributed by atoms with Crippen molar-refractivity contribution >= 4 is 39.2 Å². The first kappa shape index (κ1) is 21.0. The molecular formula is C19H22BrN3O3S. The Kier molecular flexibility index (Phi) is 7.04. The van der Waals surface area contributed by atoms with Crippen molar-refractivity contribution in [2.45, 2.75) is 20.8 Å². The van der Waals surface area contributed by atoms with Crippen molar-refractivity contribution in [1.29, 1.82) is 0 Å². The smallest absolute Gasteiger partial charge is 0.204 e. The van der Waals surface area contributed by atoms with E-state index >= 15 is 0 Å². The molecular weight excluding hydrogens is 430 g/mol. The molecule has 0 bridgehead atoms. The zero-order valence-corrected chi connectivity index (χ0v) is 18.4. The third-order valence-corrected chi connectivity index (χ3v) is 4.68. The van der Waals surface area contributed by atoms with E-state index in [1.807, 2.05) is 50.4 Å². The van der Waals surface area contributed by atoms with Gasteiger partial charge in [-0.05, 0) is 50.6 Å². The molecule has 0 amide bonds. The van der Waals surface area contributed by atoms with Crippen LogP contribution in [0.2, 0.25) is 0 Å². The third kappa shape index (κ3) is 4.70. The topological polar surface area (TPSA) is 68.9 Å². The lowest BCUT2D eigenvalue weighted by atomic mass is 10.0. The Hall–Kier alpha value is -2.32. The molecule has 0 aliphatic heterocycles. The monoisotopic (exact) mass is 451 g/mol. The van der Waals surface area contributed by atoms with Crippen LogP contribution in [0.1, 0.15) is 23.8 Å². The second kappa shape index (κ2) is 9.05. The molecule has 2 aromatic heterocycles. The molecule has 0 fully saturated rings. The number of aryl methyl sites for hydroxylation is 2. The lowest BCUT2D eigenvalue weighted by Crippen LogP contribution is -2.03. The number of nitrogens with one attached hydrogen (secondary N) is 1. The van der Waals surface area contributed by atoms with Gasteiger partial charge in [-0.3, -0.25) is 5.43 Å². The van der Waals surface area contributed by atoms with Crippen LogP contribution < -0.4 is 14.9 Å². The van der Waals surface area contributed by atoms with E-state index in [-0.39, 0.29) is 17.0 Å². The van der Waals surface area contributed by atoms with Crippen molar-refractivity contribution in [3.63, 3.8) is 0 Å². The number of halogens is 1. The molecule has 0 spiro atoms. The Balaban J connectivity index is 0.00000261. The predicted octanol–water partition coefficient (Wildman–Crippen LogP) is 5.45. The minimum atomic E-state index is 0. The van der Waals surface area contributed by atoms with Gasteiger partial charge in [-0.15, -0.1) is 28.3 Å². The molecule has 27 heavy (non-hydrogen) atoms. The highest BCUT2D eigenvalue weighted by molar-refractivity contribution is 8.93. The molecule has 0 radical (unpaired) electrons. The van der Waals surface area contributed by atoms with E-state index in [0.717, 1.165) is 34.1 Å². The van der Waals surface area contributed by atoms with Crippen LogP contribution >= 0.6 is 28.3 Å². The Morgan fingerprint density at radius 1 is 1.15 bits per heavy atom. The lowest BCUT2D eigenvalue weighted by Gasteiger charge is -2.12. The maximum atomic E-state index is 5.60. The Morgan fingerprint density at radius 2 is 1.85 bits per heavy atom. The number of furan rings is 1. The molecule has 3 rings (SSSR count). The summed E-state index contributed by atoms with van der Waals surface area (Å²) in [5.74, 6) is 2.99. The summed E-state index contributed by atoms with van der Waals surface area (Å²) in [4.78, 5) is 4.50. The van der Waals surface area contributed by atoms with Crippen molar-refractivity contribution < 1.29 is 13.9 Å². The first-order valence-electron chi connectivity index (χ1n) is 8.07. The van der Waals surface area contributed by atoms with Crippen LogP contribution in [0.15, 0.2) is 39.2 Å². The van der Waals surface area contributed by atoms with E-state index in [4.69, 9.17) is 13.9 Å². The van der Waals surface area contributed by atoms with Gasteiger partial charge in [0.1, 0.15) is 11.5 Å². The van der Waals surface area contributed by atoms with E-state index in [9.17, 15) is 0 Å². The van der Waals surface area contributed by atoms with E-state index in [2.05, 4.69) is 15.5 Å². The molecule has 0 unspecified atom stereocenters. The molecule has 0 aliphatic rings. The highest BCUT2D eigenvalue weighted by Crippen LogP contribution is 2.31. The quantitative estimate of drug-likeness (QED) is 0.398. The number of hydrogen-bond acceptors (Lipinski definition) is 7. The van der Waals surface area contributed by atoms with Crippen molar-refractivity contribution in [3.8, 4) is 23.0 Å². The number of nitrogens with zero attached hydrogens (tertiary/aromatic N) is 2. The predicted molar refractivity (Wildman–Crippen MR) is 115 cm³/mol. The van der Waals surface area contributed by atoms with Crippen LogP contribution in [0.3, 0.4) is 0 Å². The lowest BCUT2D eigenvalue weighted by molar-refractivity contribution is 0.354. The van der Waals surface area contributed by atoms with Gasteiger partial charge in [0.05, 0.1) is 19.9 Å². The maximum Gasteiger partial charge on any atom is 0.204 e. The molecule has 0 atom stereocenters. The van der Waals surface area contributed by atoms with Crippen LogP contribution in [0.5, 0.6) is 11.5 Å². The first-order valence-corrected chi connectivity index (χ1v) is 8.95. The van der Waals surface area contributed by atoms with Gasteiger partial charge in [-0.1, -0.05) is 0 Å². The molecule has 0 saturated carbocycles. The zero-order chi connectivity index (χ0) is 18.7. The minimum absolute atomic E-state index is 0. The van der Waals surface area contributed by atoms with Crippen LogP contribution in [-0.4, -0.2) is 24.9 Å². The van der Waals surface area contributed by atoms with Gasteiger partial charge in [0.15, 0.2) is 17.3 Å². The second-order valence-electron chi connectivity index (χ2n) is 5.78. The van der Waals surface area contributed by atoms with E-state index in [1.54, 1.807) is 14.2 Å². The van der Waals surface area contributed by atoms with Gasteiger partial charge >= 0.3 is 0 Å². The summed E-state index contributed by atoms with van der Waals surface area (Å²) in [6, 6.07) is 7.70. The summed E-state index contributed by atoms with van der Waals surface area (Å²) in [7, 11) is 3.25. The van der Waals surface area contributed by atoms with Gasteiger partial charge in [0.2, 0.25) is 5.13 Å². The molecule has 0 aliphatic carbocycles. The Morgan fingerprint density at radius 3 is 2.48 bits per heavy atom. The fourth-order valence-corrected chi connectivity index (χ4v) is 3.21. The first-order chi connectivity index (χ1) is 12.5. The summed E-state index contributed by atoms with van der Waals surface area (Å²) < 4.78 is 16.3. The van der Waals surface area contributed by atoms with Gasteiger partial charge < -0.3 is 13.9 Å². The van der Waals surface area contributed by atoms with Crippen molar-refractivity contribution in [2.75, 3.05) is 19.6 Å². The van der Waals surface area contributed by atoms with Gasteiger partial charge in [0, 0.05) is 10.9 Å². The van der Waals surface area contributed by atoms with Crippen LogP contribution in [0.4, 0.5) is 5.13 Å². The Bertz CT molecular complexity index is 950. The number of anilines is 1.